The van der Waals surface area contributed by atoms with E-state index in [2.05, 4.69) is 36.2 Å². The van der Waals surface area contributed by atoms with Crippen molar-refractivity contribution in [2.75, 3.05) is 23.0 Å². The Hall–Kier alpha value is -5.12. The molecule has 2 aromatic carbocycles. The number of ketones is 1. The maximum Gasteiger partial charge on any atom is 0.251 e. The Morgan fingerprint density at radius 3 is 2.50 bits per heavy atom. The molecule has 5 N–H and O–H groups in total. The van der Waals surface area contributed by atoms with Gasteiger partial charge in [0.1, 0.15) is 17.4 Å². The van der Waals surface area contributed by atoms with Gasteiger partial charge in [-0.25, -0.2) is 0 Å². The average Bonchev–Trinajstić information content (AvgIpc) is 3.29. The van der Waals surface area contributed by atoms with Crippen LogP contribution in [-0.2, 0) is 24.2 Å². The Labute approximate surface area is 219 Å². The summed E-state index contributed by atoms with van der Waals surface area (Å²) < 4.78 is 0. The Morgan fingerprint density at radius 2 is 1.76 bits per heavy atom. The van der Waals surface area contributed by atoms with Gasteiger partial charge in [0, 0.05) is 62.0 Å². The molecule has 190 valence electrons. The number of anilines is 5. The molecule has 0 saturated heterocycles. The molecule has 2 aromatic heterocycles. The summed E-state index contributed by atoms with van der Waals surface area (Å²) in [5, 5.41) is 20.2. The third-order valence-corrected chi connectivity index (χ3v) is 6.11. The van der Waals surface area contributed by atoms with E-state index >= 15 is 0 Å². The fraction of sp³-hybridized carbons (Fsp3) is 0.143. The topological polar surface area (TPSA) is 145 Å². The van der Waals surface area contributed by atoms with E-state index in [9.17, 15) is 9.59 Å². The molecule has 10 nitrogen and oxygen atoms in total. The zero-order chi connectivity index (χ0) is 26.5. The van der Waals surface area contributed by atoms with Crippen molar-refractivity contribution in [3.8, 4) is 0 Å². The highest BCUT2D eigenvalue weighted by Gasteiger charge is 2.19. The number of hydrogen-bond acceptors (Lipinski definition) is 9. The van der Waals surface area contributed by atoms with Gasteiger partial charge in [-0.15, -0.1) is 0 Å². The summed E-state index contributed by atoms with van der Waals surface area (Å²) in [6.07, 6.45) is 5.27. The molecule has 0 unspecified atom stereocenters. The fourth-order valence-electron chi connectivity index (χ4n) is 4.25. The first kappa shape index (κ1) is 24.6. The number of carbonyl (C=O) groups excluding carboxylic acids is 2. The van der Waals surface area contributed by atoms with Gasteiger partial charge in [-0.2, -0.15) is 9.97 Å². The van der Waals surface area contributed by atoms with Crippen LogP contribution in [0, 0.1) is 5.41 Å². The number of benzene rings is 2. The molecule has 10 heteroatoms. The van der Waals surface area contributed by atoms with Crippen molar-refractivity contribution in [1.29, 1.82) is 5.41 Å². The van der Waals surface area contributed by atoms with Crippen molar-refractivity contribution >= 4 is 46.9 Å². The van der Waals surface area contributed by atoms with Gasteiger partial charge in [0.2, 0.25) is 5.95 Å². The lowest BCUT2D eigenvalue weighted by Gasteiger charge is -2.15. The first-order valence-corrected chi connectivity index (χ1v) is 12.1. The minimum Gasteiger partial charge on any atom is -0.372 e. The Morgan fingerprint density at radius 1 is 1.00 bits per heavy atom. The largest absolute Gasteiger partial charge is 0.372 e. The second-order valence-corrected chi connectivity index (χ2v) is 8.81. The maximum atomic E-state index is 12.4. The molecular weight excluding hydrogens is 480 g/mol. The molecule has 0 atom stereocenters. The van der Waals surface area contributed by atoms with E-state index in [0.717, 1.165) is 28.1 Å². The van der Waals surface area contributed by atoms with Crippen molar-refractivity contribution in [3.05, 3.63) is 94.8 Å². The van der Waals surface area contributed by atoms with Crippen LogP contribution in [0.2, 0.25) is 0 Å². The molecule has 1 aliphatic heterocycles. The summed E-state index contributed by atoms with van der Waals surface area (Å²) in [5.41, 5.74) is 5.36. The van der Waals surface area contributed by atoms with Gasteiger partial charge in [-0.1, -0.05) is 18.2 Å². The maximum absolute atomic E-state index is 12.4. The van der Waals surface area contributed by atoms with Crippen molar-refractivity contribution in [2.24, 2.45) is 0 Å². The van der Waals surface area contributed by atoms with Gasteiger partial charge in [-0.05, 0) is 53.1 Å². The highest BCUT2D eigenvalue weighted by molar-refractivity contribution is 5.99. The number of amides is 1. The lowest BCUT2D eigenvalue weighted by atomic mass is 10.0. The van der Waals surface area contributed by atoms with Crippen LogP contribution < -0.4 is 21.3 Å². The van der Waals surface area contributed by atoms with E-state index in [1.54, 1.807) is 31.6 Å². The molecule has 0 aliphatic carbocycles. The number of aromatic nitrogens is 3. The monoisotopic (exact) mass is 506 g/mol. The van der Waals surface area contributed by atoms with Crippen LogP contribution in [0.25, 0.3) is 0 Å². The van der Waals surface area contributed by atoms with Crippen LogP contribution in [-0.4, -0.2) is 39.9 Å². The number of Topliss-reactive ketones (excluding diaryl/α,β-unsaturated/α-hetero) is 1. The Bertz CT molecular complexity index is 1500. The quantitative estimate of drug-likeness (QED) is 0.203. The molecule has 0 bridgehead atoms. The minimum absolute atomic E-state index is 0.0819. The number of nitrogens with zero attached hydrogens (tertiary/aromatic N) is 3. The number of nitrogens with one attached hydrogen (secondary N) is 5. The molecule has 3 heterocycles. The van der Waals surface area contributed by atoms with Crippen molar-refractivity contribution in [1.82, 2.24) is 20.3 Å². The minimum atomic E-state index is -0.0819. The average molecular weight is 507 g/mol. The number of hydrogen-bond donors (Lipinski definition) is 5. The van der Waals surface area contributed by atoms with Gasteiger partial charge >= 0.3 is 0 Å². The third-order valence-electron chi connectivity index (χ3n) is 6.11. The summed E-state index contributed by atoms with van der Waals surface area (Å²) in [5.74, 6) is 1.29. The Kier molecular flexibility index (Phi) is 7.03. The van der Waals surface area contributed by atoms with Crippen LogP contribution >= 0.6 is 0 Å². The van der Waals surface area contributed by atoms with Gasteiger partial charge in [-0.3, -0.25) is 14.6 Å². The molecule has 0 fully saturated rings. The van der Waals surface area contributed by atoms with Crippen LogP contribution in [0.1, 0.15) is 32.6 Å². The van der Waals surface area contributed by atoms with E-state index in [0.29, 0.717) is 48.1 Å². The molecule has 0 saturated carbocycles. The molecule has 4 aromatic rings. The summed E-state index contributed by atoms with van der Waals surface area (Å²) in [6, 6.07) is 16.7. The molecular formula is C28H26N8O2. The van der Waals surface area contributed by atoms with E-state index < -0.39 is 0 Å². The fourth-order valence-corrected chi connectivity index (χ4v) is 4.25. The molecule has 5 rings (SSSR count). The summed E-state index contributed by atoms with van der Waals surface area (Å²) >= 11 is 0. The molecule has 1 aliphatic rings. The summed E-state index contributed by atoms with van der Waals surface area (Å²) in [6.45, 7) is 0.477. The van der Waals surface area contributed by atoms with Crippen molar-refractivity contribution < 1.29 is 9.59 Å². The number of rotatable bonds is 10. The zero-order valence-electron chi connectivity index (χ0n) is 20.7. The number of fused-ring (bicyclic) bond motifs is 1. The van der Waals surface area contributed by atoms with E-state index in [4.69, 9.17) is 5.41 Å². The van der Waals surface area contributed by atoms with Crippen molar-refractivity contribution in [3.63, 3.8) is 0 Å². The molecule has 0 spiro atoms. The normalized spacial score (nSPS) is 11.9. The van der Waals surface area contributed by atoms with E-state index in [1.807, 2.05) is 42.5 Å². The van der Waals surface area contributed by atoms with Gasteiger partial charge in [0.05, 0.1) is 5.56 Å². The smallest absolute Gasteiger partial charge is 0.251 e. The second-order valence-electron chi connectivity index (χ2n) is 8.81. The van der Waals surface area contributed by atoms with E-state index in [-0.39, 0.29) is 11.7 Å². The SMILES string of the molecule is CNc1nc(Nc2ccc(CC(=O)Cc3cccnc3)cc2)nc(Nc2ccc3c(c2)CNC3=O)c1C=N. The predicted octanol–water partition coefficient (Wildman–Crippen LogP) is 4.00. The molecule has 1 amide bonds. The second kappa shape index (κ2) is 10.9. The third kappa shape index (κ3) is 5.49. The van der Waals surface area contributed by atoms with Crippen LogP contribution in [0.15, 0.2) is 67.0 Å². The standard InChI is InChI=1S/C28H26N8O2/c1-30-25-24(14-29)26(33-21-8-9-23-19(13-21)16-32-27(23)38)36-28(35-25)34-20-6-4-17(5-7-20)11-22(37)12-18-3-2-10-31-15-18/h2-10,13-15,29H,11-12,16H2,1H3,(H,32,38)(H3,30,33,34,35,36). The van der Waals surface area contributed by atoms with Crippen molar-refractivity contribution in [2.45, 2.75) is 19.4 Å². The van der Waals surface area contributed by atoms with Crippen LogP contribution in [0.3, 0.4) is 0 Å². The first-order valence-electron chi connectivity index (χ1n) is 12.1. The van der Waals surface area contributed by atoms with E-state index in [1.165, 1.54) is 6.21 Å². The number of pyridine rings is 1. The zero-order valence-corrected chi connectivity index (χ0v) is 20.7. The Balaban J connectivity index is 1.31. The molecule has 38 heavy (non-hydrogen) atoms. The summed E-state index contributed by atoms with van der Waals surface area (Å²) in [7, 11) is 1.73. The lowest BCUT2D eigenvalue weighted by Crippen LogP contribution is -2.12. The van der Waals surface area contributed by atoms with Crippen LogP contribution in [0.4, 0.5) is 29.0 Å². The van der Waals surface area contributed by atoms with Crippen LogP contribution in [0.5, 0.6) is 0 Å². The molecule has 0 radical (unpaired) electrons. The highest BCUT2D eigenvalue weighted by Crippen LogP contribution is 2.28. The number of carbonyl (C=O) groups is 2. The summed E-state index contributed by atoms with van der Waals surface area (Å²) in [4.78, 5) is 37.5. The van der Waals surface area contributed by atoms with Gasteiger partial charge < -0.3 is 26.7 Å². The first-order chi connectivity index (χ1) is 18.5. The van der Waals surface area contributed by atoms with Gasteiger partial charge in [0.25, 0.3) is 5.91 Å². The highest BCUT2D eigenvalue weighted by atomic mass is 16.2. The van der Waals surface area contributed by atoms with Gasteiger partial charge in [0.15, 0.2) is 0 Å². The lowest BCUT2D eigenvalue weighted by molar-refractivity contribution is -0.117. The predicted molar refractivity (Wildman–Crippen MR) is 147 cm³/mol.